The number of aromatic amines is 1. The lowest BCUT2D eigenvalue weighted by molar-refractivity contribution is 0.0695. The van der Waals surface area contributed by atoms with Gasteiger partial charge in [0.1, 0.15) is 22.7 Å². The lowest BCUT2D eigenvalue weighted by Crippen LogP contribution is -2.34. The first-order chi connectivity index (χ1) is 19.5. The van der Waals surface area contributed by atoms with Crippen molar-refractivity contribution in [2.45, 2.75) is 13.3 Å². The molecule has 1 unspecified atom stereocenters. The van der Waals surface area contributed by atoms with Gasteiger partial charge in [-0.3, -0.25) is 4.79 Å². The van der Waals surface area contributed by atoms with Gasteiger partial charge in [-0.05, 0) is 44.1 Å². The highest BCUT2D eigenvalue weighted by molar-refractivity contribution is 6.18. The highest BCUT2D eigenvalue weighted by Gasteiger charge is 2.36. The molecule has 0 bridgehead atoms. The SMILES string of the molecule is CNc1cc(F)cc2c1[nH]c1ncc(-c3cnc4c(c3)c(=O)c(C(=O)O)cn4C)c(N3CCC(C)(CN(C)C)C3)c12. The molecule has 1 aromatic carbocycles. The number of H-pyrrole nitrogens is 1. The molecule has 0 spiro atoms. The van der Waals surface area contributed by atoms with Gasteiger partial charge < -0.3 is 29.8 Å². The Morgan fingerprint density at radius 3 is 2.71 bits per heavy atom. The first-order valence-electron chi connectivity index (χ1n) is 13.4. The largest absolute Gasteiger partial charge is 0.477 e. The quantitative estimate of drug-likeness (QED) is 0.283. The van der Waals surface area contributed by atoms with Crippen molar-refractivity contribution in [3.05, 3.63) is 58.4 Å². The van der Waals surface area contributed by atoms with Crippen molar-refractivity contribution in [2.75, 3.05) is 51.0 Å². The number of pyridine rings is 3. The Kier molecular flexibility index (Phi) is 6.22. The van der Waals surface area contributed by atoms with E-state index in [1.54, 1.807) is 37.1 Å². The maximum atomic E-state index is 14.9. The molecule has 10 nitrogen and oxygen atoms in total. The maximum Gasteiger partial charge on any atom is 0.341 e. The summed E-state index contributed by atoms with van der Waals surface area (Å²) in [7, 11) is 7.55. The summed E-state index contributed by atoms with van der Waals surface area (Å²) in [6.07, 6.45) is 5.68. The molecule has 1 aliphatic heterocycles. The van der Waals surface area contributed by atoms with Gasteiger partial charge in [-0.25, -0.2) is 19.2 Å². The van der Waals surface area contributed by atoms with Crippen LogP contribution in [0.5, 0.6) is 0 Å². The molecule has 5 heterocycles. The van der Waals surface area contributed by atoms with Crippen LogP contribution in [0.15, 0.2) is 41.6 Å². The van der Waals surface area contributed by atoms with E-state index in [4.69, 9.17) is 4.98 Å². The zero-order valence-corrected chi connectivity index (χ0v) is 23.7. The van der Waals surface area contributed by atoms with E-state index in [9.17, 15) is 19.1 Å². The van der Waals surface area contributed by atoms with Gasteiger partial charge in [-0.2, -0.15) is 0 Å². The lowest BCUT2D eigenvalue weighted by atomic mass is 9.89. The smallest absolute Gasteiger partial charge is 0.341 e. The zero-order valence-electron chi connectivity index (χ0n) is 23.7. The highest BCUT2D eigenvalue weighted by atomic mass is 19.1. The van der Waals surface area contributed by atoms with Crippen LogP contribution in [0, 0.1) is 11.2 Å². The van der Waals surface area contributed by atoms with E-state index in [0.717, 1.165) is 48.2 Å². The molecule has 6 rings (SSSR count). The first-order valence-corrected chi connectivity index (χ1v) is 13.4. The third kappa shape index (κ3) is 4.37. The zero-order chi connectivity index (χ0) is 29.2. The Morgan fingerprint density at radius 2 is 2.00 bits per heavy atom. The average molecular weight is 558 g/mol. The normalized spacial score (nSPS) is 17.4. The van der Waals surface area contributed by atoms with Crippen LogP contribution in [0.1, 0.15) is 23.7 Å². The van der Waals surface area contributed by atoms with Crippen LogP contribution < -0.4 is 15.6 Å². The molecule has 1 aliphatic rings. The molecule has 1 fully saturated rings. The molecule has 1 atom stereocenters. The topological polar surface area (TPSA) is 119 Å². The number of halogens is 1. The minimum atomic E-state index is -1.29. The Hall–Kier alpha value is -4.51. The van der Waals surface area contributed by atoms with Gasteiger partial charge in [0, 0.05) is 68.8 Å². The van der Waals surface area contributed by atoms with E-state index in [2.05, 4.69) is 46.1 Å². The van der Waals surface area contributed by atoms with Gasteiger partial charge in [0.25, 0.3) is 0 Å². The van der Waals surface area contributed by atoms with Gasteiger partial charge >= 0.3 is 5.97 Å². The van der Waals surface area contributed by atoms with Gasteiger partial charge in [0.05, 0.1) is 27.7 Å². The highest BCUT2D eigenvalue weighted by Crippen LogP contribution is 2.45. The van der Waals surface area contributed by atoms with Crippen LogP contribution in [-0.2, 0) is 7.05 Å². The van der Waals surface area contributed by atoms with Crippen LogP contribution in [0.25, 0.3) is 44.1 Å². The Labute approximate surface area is 235 Å². The second-order valence-electron chi connectivity index (χ2n) is 11.6. The number of benzene rings is 1. The molecular weight excluding hydrogens is 525 g/mol. The molecule has 0 aliphatic carbocycles. The van der Waals surface area contributed by atoms with Gasteiger partial charge in [-0.15, -0.1) is 0 Å². The van der Waals surface area contributed by atoms with Gasteiger partial charge in [0.2, 0.25) is 5.43 Å². The van der Waals surface area contributed by atoms with E-state index in [1.807, 2.05) is 0 Å². The van der Waals surface area contributed by atoms with E-state index < -0.39 is 11.4 Å². The molecule has 212 valence electrons. The van der Waals surface area contributed by atoms with Gasteiger partial charge in [0.15, 0.2) is 0 Å². The second-order valence-corrected chi connectivity index (χ2v) is 11.6. The first kappa shape index (κ1) is 26.7. The minimum Gasteiger partial charge on any atom is -0.477 e. The Balaban J connectivity index is 1.65. The molecule has 5 aromatic rings. The number of hydrogen-bond acceptors (Lipinski definition) is 7. The molecular formula is C30H32FN7O3. The molecule has 0 amide bonds. The van der Waals surface area contributed by atoms with Crippen molar-refractivity contribution in [3.8, 4) is 11.1 Å². The van der Waals surface area contributed by atoms with Gasteiger partial charge in [-0.1, -0.05) is 6.92 Å². The molecule has 1 saturated heterocycles. The van der Waals surface area contributed by atoms with Crippen LogP contribution in [0.4, 0.5) is 15.8 Å². The van der Waals surface area contributed by atoms with Crippen molar-refractivity contribution >= 4 is 50.3 Å². The molecule has 4 aromatic heterocycles. The van der Waals surface area contributed by atoms with Crippen LogP contribution >= 0.6 is 0 Å². The summed E-state index contributed by atoms with van der Waals surface area (Å²) >= 11 is 0. The number of rotatable bonds is 6. The number of carboxylic acid groups (broad SMARTS) is 1. The molecule has 0 saturated carbocycles. The average Bonchev–Trinajstić information content (AvgIpc) is 3.49. The molecule has 3 N–H and O–H groups in total. The van der Waals surface area contributed by atoms with Crippen molar-refractivity contribution < 1.29 is 14.3 Å². The number of carbonyl (C=O) groups is 1. The fourth-order valence-electron chi connectivity index (χ4n) is 6.42. The van der Waals surface area contributed by atoms with E-state index >= 15 is 0 Å². The summed E-state index contributed by atoms with van der Waals surface area (Å²) in [4.78, 5) is 42.1. The van der Waals surface area contributed by atoms with Crippen LogP contribution in [0.3, 0.4) is 0 Å². The van der Waals surface area contributed by atoms with Crippen molar-refractivity contribution in [3.63, 3.8) is 0 Å². The van der Waals surface area contributed by atoms with Crippen LogP contribution in [-0.4, -0.2) is 76.3 Å². The summed E-state index contributed by atoms with van der Waals surface area (Å²) in [5, 5.41) is 14.4. The Bertz CT molecular complexity index is 1930. The second kappa shape index (κ2) is 9.55. The van der Waals surface area contributed by atoms with Crippen molar-refractivity contribution in [2.24, 2.45) is 12.5 Å². The molecule has 41 heavy (non-hydrogen) atoms. The fraction of sp³-hybridized carbons (Fsp3) is 0.333. The standard InChI is InChI=1S/C30H32FN7O3/c1-30(14-36(3)4)6-7-38(15-30)25-20(12-33-27-23(25)18-9-17(31)10-22(32-2)24(18)35-27)16-8-19-26(39)21(29(40)41)13-37(5)28(19)34-11-16/h8-13,32H,6-7,14-15H2,1-5H3,(H,33,35)(H,40,41). The summed E-state index contributed by atoms with van der Waals surface area (Å²) in [5.41, 5.74) is 3.74. The summed E-state index contributed by atoms with van der Waals surface area (Å²) in [6, 6.07) is 4.66. The van der Waals surface area contributed by atoms with E-state index in [0.29, 0.717) is 27.9 Å². The number of hydrogen-bond donors (Lipinski definition) is 3. The third-order valence-electron chi connectivity index (χ3n) is 8.06. The predicted octanol–water partition coefficient (Wildman–Crippen LogP) is 4.29. The van der Waals surface area contributed by atoms with Crippen molar-refractivity contribution in [1.29, 1.82) is 0 Å². The monoisotopic (exact) mass is 557 g/mol. The summed E-state index contributed by atoms with van der Waals surface area (Å²) < 4.78 is 16.4. The lowest BCUT2D eigenvalue weighted by Gasteiger charge is -2.29. The molecule has 0 radical (unpaired) electrons. The third-order valence-corrected chi connectivity index (χ3v) is 8.06. The summed E-state index contributed by atoms with van der Waals surface area (Å²) in [6.45, 7) is 4.73. The fourth-order valence-corrected chi connectivity index (χ4v) is 6.42. The van der Waals surface area contributed by atoms with E-state index in [1.165, 1.54) is 18.3 Å². The molecule has 11 heteroatoms. The number of anilines is 2. The number of aromatic carboxylic acids is 1. The minimum absolute atomic E-state index is 0.0256. The van der Waals surface area contributed by atoms with Crippen LogP contribution in [0.2, 0.25) is 0 Å². The summed E-state index contributed by atoms with van der Waals surface area (Å²) in [5.74, 6) is -1.66. The number of nitrogens with one attached hydrogen (secondary N) is 2. The van der Waals surface area contributed by atoms with E-state index in [-0.39, 0.29) is 22.2 Å². The number of nitrogens with zero attached hydrogens (tertiary/aromatic N) is 5. The Morgan fingerprint density at radius 1 is 1.22 bits per heavy atom. The maximum absolute atomic E-state index is 14.9. The van der Waals surface area contributed by atoms with Crippen molar-refractivity contribution in [1.82, 2.24) is 24.4 Å². The predicted molar refractivity (Wildman–Crippen MR) is 160 cm³/mol. The number of aromatic nitrogens is 4. The number of carboxylic acids is 1. The number of fused-ring (bicyclic) bond motifs is 4. The number of aryl methyl sites for hydroxylation is 1.